The van der Waals surface area contributed by atoms with Crippen molar-refractivity contribution in [2.24, 2.45) is 0 Å². The summed E-state index contributed by atoms with van der Waals surface area (Å²) in [5, 5.41) is 7.69. The van der Waals surface area contributed by atoms with E-state index in [2.05, 4.69) is 10.2 Å². The Bertz CT molecular complexity index is 689. The van der Waals surface area contributed by atoms with E-state index < -0.39 is 0 Å². The lowest BCUT2D eigenvalue weighted by atomic mass is 10.2. The van der Waals surface area contributed by atoms with Crippen molar-refractivity contribution >= 4 is 16.9 Å². The molecule has 18 heavy (non-hydrogen) atoms. The molecule has 4 heteroatoms. The normalized spacial score (nSPS) is 10.4. The number of hydrogen-bond acceptors (Lipinski definition) is 3. The van der Waals surface area contributed by atoms with Gasteiger partial charge in [0.25, 0.3) is 0 Å². The number of aromatic nitrogens is 2. The summed E-state index contributed by atoms with van der Waals surface area (Å²) in [7, 11) is 0. The van der Waals surface area contributed by atoms with Crippen LogP contribution in [-0.4, -0.2) is 16.2 Å². The molecule has 3 rings (SSSR count). The molecule has 1 N–H and O–H groups in total. The van der Waals surface area contributed by atoms with Gasteiger partial charge in [-0.05, 0) is 24.3 Å². The third-order valence-corrected chi connectivity index (χ3v) is 2.63. The van der Waals surface area contributed by atoms with Gasteiger partial charge in [0.05, 0.1) is 17.3 Å². The van der Waals surface area contributed by atoms with Crippen LogP contribution in [0.1, 0.15) is 10.4 Å². The predicted octanol–water partition coefficient (Wildman–Crippen LogP) is 2.78. The van der Waals surface area contributed by atoms with E-state index >= 15 is 0 Å². The molecule has 4 nitrogen and oxygen atoms in total. The number of esters is 1. The van der Waals surface area contributed by atoms with E-state index in [-0.39, 0.29) is 5.97 Å². The molecule has 0 spiro atoms. The minimum absolute atomic E-state index is 0.377. The molecule has 0 saturated heterocycles. The van der Waals surface area contributed by atoms with Crippen molar-refractivity contribution in [1.29, 1.82) is 0 Å². The molecule has 0 saturated carbocycles. The Hall–Kier alpha value is -2.62. The molecule has 0 amide bonds. The summed E-state index contributed by atoms with van der Waals surface area (Å²) in [4.78, 5) is 11.9. The zero-order valence-electron chi connectivity index (χ0n) is 9.46. The minimum Gasteiger partial charge on any atom is -0.423 e. The number of benzene rings is 2. The molecule has 0 aliphatic rings. The third kappa shape index (κ3) is 1.96. The van der Waals surface area contributed by atoms with Gasteiger partial charge in [-0.3, -0.25) is 5.10 Å². The van der Waals surface area contributed by atoms with Crippen LogP contribution in [0.4, 0.5) is 0 Å². The Labute approximate surface area is 103 Å². The highest BCUT2D eigenvalue weighted by molar-refractivity contribution is 5.95. The summed E-state index contributed by atoms with van der Waals surface area (Å²) in [5.74, 6) is 0.157. The van der Waals surface area contributed by atoms with Gasteiger partial charge in [0.1, 0.15) is 5.75 Å². The van der Waals surface area contributed by atoms with Crippen LogP contribution in [-0.2, 0) is 0 Å². The number of hydrogen-bond donors (Lipinski definition) is 1. The quantitative estimate of drug-likeness (QED) is 0.551. The average Bonchev–Trinajstić information content (AvgIpc) is 2.87. The first kappa shape index (κ1) is 10.5. The number of aromatic amines is 1. The Morgan fingerprint density at radius 3 is 2.78 bits per heavy atom. The fourth-order valence-electron chi connectivity index (χ4n) is 1.72. The van der Waals surface area contributed by atoms with Gasteiger partial charge in [-0.2, -0.15) is 5.10 Å². The molecule has 0 fully saturated rings. The molecule has 2 aromatic carbocycles. The molecule has 0 bridgehead atoms. The summed E-state index contributed by atoms with van der Waals surface area (Å²) in [6, 6.07) is 14.3. The summed E-state index contributed by atoms with van der Waals surface area (Å²) < 4.78 is 5.25. The highest BCUT2D eigenvalue weighted by Crippen LogP contribution is 2.15. The Morgan fingerprint density at radius 1 is 1.11 bits per heavy atom. The highest BCUT2D eigenvalue weighted by Gasteiger charge is 2.09. The molecule has 3 aromatic rings. The maximum absolute atomic E-state index is 11.9. The Morgan fingerprint density at radius 2 is 1.94 bits per heavy atom. The van der Waals surface area contributed by atoms with E-state index in [1.165, 1.54) is 0 Å². The molecule has 0 aliphatic carbocycles. The molecule has 88 valence electrons. The van der Waals surface area contributed by atoms with E-state index in [0.29, 0.717) is 11.3 Å². The van der Waals surface area contributed by atoms with Gasteiger partial charge in [0.2, 0.25) is 0 Å². The number of ether oxygens (including phenoxy) is 1. The van der Waals surface area contributed by atoms with Crippen LogP contribution in [0.25, 0.3) is 10.9 Å². The number of nitrogens with zero attached hydrogens (tertiary/aromatic N) is 1. The van der Waals surface area contributed by atoms with E-state index in [4.69, 9.17) is 4.74 Å². The Balaban J connectivity index is 1.87. The predicted molar refractivity (Wildman–Crippen MR) is 67.5 cm³/mol. The maximum atomic E-state index is 11.9. The van der Waals surface area contributed by atoms with E-state index in [1.807, 2.05) is 24.3 Å². The number of H-pyrrole nitrogens is 1. The summed E-state index contributed by atoms with van der Waals surface area (Å²) in [5.41, 5.74) is 1.31. The fourth-order valence-corrected chi connectivity index (χ4v) is 1.72. The lowest BCUT2D eigenvalue weighted by Gasteiger charge is -2.03. The van der Waals surface area contributed by atoms with Crippen LogP contribution >= 0.6 is 0 Å². The molecular weight excluding hydrogens is 228 g/mol. The standard InChI is InChI=1S/C14H10N2O2/c17-14(18-12-4-2-1-3-5-12)10-6-7-11-9-15-16-13(11)8-10/h1-9H,(H,15,16). The second kappa shape index (κ2) is 4.33. The van der Waals surface area contributed by atoms with Gasteiger partial charge < -0.3 is 4.74 Å². The van der Waals surface area contributed by atoms with Crippen LogP contribution in [0.5, 0.6) is 5.75 Å². The SMILES string of the molecule is O=C(Oc1ccccc1)c1ccc2cn[nH]c2c1. The molecule has 0 aliphatic heterocycles. The summed E-state index contributed by atoms with van der Waals surface area (Å²) in [6.45, 7) is 0. The second-order valence-corrected chi connectivity index (χ2v) is 3.87. The fraction of sp³-hybridized carbons (Fsp3) is 0. The zero-order chi connectivity index (χ0) is 12.4. The topological polar surface area (TPSA) is 55.0 Å². The van der Waals surface area contributed by atoms with Gasteiger partial charge in [0.15, 0.2) is 0 Å². The summed E-state index contributed by atoms with van der Waals surface area (Å²) in [6.07, 6.45) is 1.71. The van der Waals surface area contributed by atoms with Crippen molar-refractivity contribution in [2.75, 3.05) is 0 Å². The molecule has 0 radical (unpaired) electrons. The van der Waals surface area contributed by atoms with Crippen molar-refractivity contribution in [3.63, 3.8) is 0 Å². The van der Waals surface area contributed by atoms with Gasteiger partial charge >= 0.3 is 5.97 Å². The zero-order valence-corrected chi connectivity index (χ0v) is 9.46. The number of para-hydroxylation sites is 1. The molecule has 0 unspecified atom stereocenters. The van der Waals surface area contributed by atoms with Crippen LogP contribution in [0, 0.1) is 0 Å². The van der Waals surface area contributed by atoms with Crippen molar-refractivity contribution in [3.8, 4) is 5.75 Å². The minimum atomic E-state index is -0.377. The number of carbonyl (C=O) groups excluding carboxylic acids is 1. The molecule has 1 heterocycles. The van der Waals surface area contributed by atoms with Crippen molar-refractivity contribution in [3.05, 3.63) is 60.3 Å². The van der Waals surface area contributed by atoms with Crippen LogP contribution in [0.3, 0.4) is 0 Å². The van der Waals surface area contributed by atoms with Gasteiger partial charge in [-0.15, -0.1) is 0 Å². The number of rotatable bonds is 2. The van der Waals surface area contributed by atoms with Crippen molar-refractivity contribution in [1.82, 2.24) is 10.2 Å². The van der Waals surface area contributed by atoms with E-state index in [1.54, 1.807) is 30.5 Å². The van der Waals surface area contributed by atoms with E-state index in [0.717, 1.165) is 10.9 Å². The average molecular weight is 238 g/mol. The third-order valence-electron chi connectivity index (χ3n) is 2.63. The van der Waals surface area contributed by atoms with Crippen molar-refractivity contribution < 1.29 is 9.53 Å². The lowest BCUT2D eigenvalue weighted by Crippen LogP contribution is -2.08. The van der Waals surface area contributed by atoms with Crippen LogP contribution in [0.2, 0.25) is 0 Å². The monoisotopic (exact) mass is 238 g/mol. The largest absolute Gasteiger partial charge is 0.423 e. The number of carbonyl (C=O) groups is 1. The maximum Gasteiger partial charge on any atom is 0.343 e. The highest BCUT2D eigenvalue weighted by atomic mass is 16.5. The van der Waals surface area contributed by atoms with Crippen LogP contribution < -0.4 is 4.74 Å². The van der Waals surface area contributed by atoms with Gasteiger partial charge in [0, 0.05) is 5.39 Å². The second-order valence-electron chi connectivity index (χ2n) is 3.87. The number of fused-ring (bicyclic) bond motifs is 1. The summed E-state index contributed by atoms with van der Waals surface area (Å²) >= 11 is 0. The van der Waals surface area contributed by atoms with E-state index in [9.17, 15) is 4.79 Å². The first-order valence-corrected chi connectivity index (χ1v) is 5.53. The molecule has 1 aromatic heterocycles. The smallest absolute Gasteiger partial charge is 0.343 e. The Kier molecular flexibility index (Phi) is 2.53. The first-order valence-electron chi connectivity index (χ1n) is 5.53. The van der Waals surface area contributed by atoms with Crippen molar-refractivity contribution in [2.45, 2.75) is 0 Å². The molecule has 0 atom stereocenters. The van der Waals surface area contributed by atoms with Gasteiger partial charge in [-0.1, -0.05) is 24.3 Å². The number of nitrogens with one attached hydrogen (secondary N) is 1. The molecular formula is C14H10N2O2. The van der Waals surface area contributed by atoms with Crippen LogP contribution in [0.15, 0.2) is 54.7 Å². The lowest BCUT2D eigenvalue weighted by molar-refractivity contribution is 0.0735. The van der Waals surface area contributed by atoms with Gasteiger partial charge in [-0.25, -0.2) is 4.79 Å². The first-order chi connectivity index (χ1) is 8.83.